The van der Waals surface area contributed by atoms with Gasteiger partial charge < -0.3 is 9.47 Å². The number of unbranched alkanes of at least 4 members (excludes halogenated alkanes) is 10. The fourth-order valence-corrected chi connectivity index (χ4v) is 5.67. The molecule has 1 aliphatic carbocycles. The number of ether oxygens (including phenoxy) is 2. The Morgan fingerprint density at radius 3 is 2.05 bits per heavy atom. The lowest BCUT2D eigenvalue weighted by molar-refractivity contribution is -0.140. The van der Waals surface area contributed by atoms with E-state index in [1.54, 1.807) is 6.20 Å². The molecule has 0 N–H and O–H groups in total. The number of hydrogen-bond donors (Lipinski definition) is 0. The van der Waals surface area contributed by atoms with Gasteiger partial charge in [0.05, 0.1) is 35.9 Å². The molecule has 1 aromatic heterocycles. The van der Waals surface area contributed by atoms with E-state index in [1.807, 2.05) is 36.4 Å². The lowest BCUT2D eigenvalue weighted by Gasteiger charge is -2.34. The fourth-order valence-electron chi connectivity index (χ4n) is 5.67. The van der Waals surface area contributed by atoms with E-state index in [9.17, 15) is 10.1 Å². The first-order valence-electron chi connectivity index (χ1n) is 15.9. The Morgan fingerprint density at radius 1 is 0.850 bits per heavy atom. The van der Waals surface area contributed by atoms with Crippen LogP contribution in [-0.2, 0) is 4.79 Å². The minimum atomic E-state index is -0.260. The van der Waals surface area contributed by atoms with E-state index in [-0.39, 0.29) is 17.3 Å². The molecule has 0 atom stereocenters. The number of benzene rings is 1. The second-order valence-corrected chi connectivity index (χ2v) is 11.6. The standard InChI is InChI=1S/C35H50N2O3/c1-3-5-7-9-10-11-13-23-35(28-36)24-21-30(22-25-35)34(38)40-31-17-15-29(16-18-31)33-20-19-32(27-37-33)39-26-14-12-8-6-4-2/h15-20,27,30H,3-14,21-26H2,1-2H3. The van der Waals surface area contributed by atoms with E-state index in [1.165, 1.54) is 64.2 Å². The van der Waals surface area contributed by atoms with Crippen LogP contribution in [-0.4, -0.2) is 17.6 Å². The Balaban J connectivity index is 1.39. The minimum Gasteiger partial charge on any atom is -0.492 e. The summed E-state index contributed by atoms with van der Waals surface area (Å²) in [5.74, 6) is 1.04. The Kier molecular flexibility index (Phi) is 14.0. The summed E-state index contributed by atoms with van der Waals surface area (Å²) in [6.45, 7) is 5.19. The average molecular weight is 547 g/mol. The van der Waals surface area contributed by atoms with E-state index < -0.39 is 0 Å². The van der Waals surface area contributed by atoms with E-state index in [0.717, 1.165) is 68.6 Å². The number of hydrogen-bond acceptors (Lipinski definition) is 5. The van der Waals surface area contributed by atoms with Crippen LogP contribution >= 0.6 is 0 Å². The average Bonchev–Trinajstić information content (AvgIpc) is 2.99. The Labute approximate surface area is 242 Å². The van der Waals surface area contributed by atoms with Gasteiger partial charge in [-0.05, 0) is 74.9 Å². The maximum Gasteiger partial charge on any atom is 0.314 e. The highest BCUT2D eigenvalue weighted by Crippen LogP contribution is 2.43. The summed E-state index contributed by atoms with van der Waals surface area (Å²) in [4.78, 5) is 17.4. The highest BCUT2D eigenvalue weighted by molar-refractivity contribution is 5.75. The van der Waals surface area contributed by atoms with Gasteiger partial charge >= 0.3 is 5.97 Å². The van der Waals surface area contributed by atoms with Crippen LogP contribution in [0, 0.1) is 22.7 Å². The summed E-state index contributed by atoms with van der Waals surface area (Å²) in [5.41, 5.74) is 1.56. The molecular formula is C35H50N2O3. The van der Waals surface area contributed by atoms with Crippen molar-refractivity contribution in [1.82, 2.24) is 4.98 Å². The highest BCUT2D eigenvalue weighted by Gasteiger charge is 2.38. The van der Waals surface area contributed by atoms with Gasteiger partial charge in [-0.2, -0.15) is 5.26 Å². The van der Waals surface area contributed by atoms with Gasteiger partial charge in [-0.25, -0.2) is 0 Å². The minimum absolute atomic E-state index is 0.129. The largest absolute Gasteiger partial charge is 0.492 e. The van der Waals surface area contributed by atoms with Crippen molar-refractivity contribution in [1.29, 1.82) is 5.26 Å². The Bertz CT molecular complexity index is 1020. The summed E-state index contributed by atoms with van der Waals surface area (Å²) < 4.78 is 11.5. The predicted octanol–water partition coefficient (Wildman–Crippen LogP) is 9.84. The molecule has 1 aliphatic rings. The number of carbonyl (C=O) groups excluding carboxylic acids is 1. The van der Waals surface area contributed by atoms with Crippen LogP contribution in [0.15, 0.2) is 42.6 Å². The third-order valence-corrected chi connectivity index (χ3v) is 8.39. The quantitative estimate of drug-likeness (QED) is 0.106. The molecule has 3 rings (SSSR count). The zero-order valence-electron chi connectivity index (χ0n) is 25.0. The Morgan fingerprint density at radius 2 is 1.45 bits per heavy atom. The number of nitriles is 1. The molecule has 1 heterocycles. The van der Waals surface area contributed by atoms with Crippen LogP contribution in [0.2, 0.25) is 0 Å². The molecule has 0 unspecified atom stereocenters. The van der Waals surface area contributed by atoms with E-state index in [0.29, 0.717) is 5.75 Å². The van der Waals surface area contributed by atoms with Gasteiger partial charge in [0.25, 0.3) is 0 Å². The van der Waals surface area contributed by atoms with Crippen LogP contribution < -0.4 is 9.47 Å². The molecule has 0 aliphatic heterocycles. The van der Waals surface area contributed by atoms with Gasteiger partial charge in [0.2, 0.25) is 0 Å². The number of esters is 1. The molecule has 1 fully saturated rings. The first-order chi connectivity index (χ1) is 19.6. The van der Waals surface area contributed by atoms with Crippen molar-refractivity contribution in [2.75, 3.05) is 6.61 Å². The monoisotopic (exact) mass is 546 g/mol. The smallest absolute Gasteiger partial charge is 0.314 e. The first kappa shape index (κ1) is 31.7. The SMILES string of the molecule is CCCCCCCCCC1(C#N)CCC(C(=O)Oc2ccc(-c3ccc(OCCCCCCC)cn3)cc2)CC1. The van der Waals surface area contributed by atoms with Gasteiger partial charge in [0.1, 0.15) is 11.5 Å². The third kappa shape index (κ3) is 10.6. The van der Waals surface area contributed by atoms with Crippen molar-refractivity contribution in [2.45, 2.75) is 123 Å². The van der Waals surface area contributed by atoms with Gasteiger partial charge in [-0.1, -0.05) is 84.5 Å². The maximum atomic E-state index is 12.9. The lowest BCUT2D eigenvalue weighted by Crippen LogP contribution is -2.31. The zero-order valence-corrected chi connectivity index (χ0v) is 25.0. The molecular weight excluding hydrogens is 496 g/mol. The molecule has 0 bridgehead atoms. The summed E-state index contributed by atoms with van der Waals surface area (Å²) >= 11 is 0. The second kappa shape index (κ2) is 17.7. The van der Waals surface area contributed by atoms with E-state index >= 15 is 0 Å². The van der Waals surface area contributed by atoms with Crippen molar-refractivity contribution < 1.29 is 14.3 Å². The first-order valence-corrected chi connectivity index (χ1v) is 15.9. The molecule has 40 heavy (non-hydrogen) atoms. The number of rotatable bonds is 18. The van der Waals surface area contributed by atoms with Crippen LogP contribution in [0.5, 0.6) is 11.5 Å². The van der Waals surface area contributed by atoms with E-state index in [4.69, 9.17) is 9.47 Å². The molecule has 1 aromatic carbocycles. The van der Waals surface area contributed by atoms with Crippen molar-refractivity contribution in [3.63, 3.8) is 0 Å². The van der Waals surface area contributed by atoms with Crippen molar-refractivity contribution in [2.24, 2.45) is 11.3 Å². The number of nitrogens with zero attached hydrogens (tertiary/aromatic N) is 2. The van der Waals surface area contributed by atoms with Crippen LogP contribution in [0.25, 0.3) is 11.3 Å². The normalized spacial score (nSPS) is 18.7. The highest BCUT2D eigenvalue weighted by atomic mass is 16.5. The molecule has 0 radical (unpaired) electrons. The van der Waals surface area contributed by atoms with Crippen LogP contribution in [0.3, 0.4) is 0 Å². The van der Waals surface area contributed by atoms with E-state index in [2.05, 4.69) is 24.9 Å². The number of carbonyl (C=O) groups is 1. The lowest BCUT2D eigenvalue weighted by atomic mass is 9.69. The van der Waals surface area contributed by atoms with Crippen molar-refractivity contribution in [3.05, 3.63) is 42.6 Å². The molecule has 5 nitrogen and oxygen atoms in total. The molecule has 0 amide bonds. The third-order valence-electron chi connectivity index (χ3n) is 8.39. The van der Waals surface area contributed by atoms with Crippen molar-refractivity contribution >= 4 is 5.97 Å². The maximum absolute atomic E-state index is 12.9. The fraction of sp³-hybridized carbons (Fsp3) is 0.629. The Hall–Kier alpha value is -2.87. The molecule has 5 heteroatoms. The number of pyridine rings is 1. The molecule has 2 aromatic rings. The zero-order chi connectivity index (χ0) is 28.5. The van der Waals surface area contributed by atoms with Gasteiger partial charge in [0.15, 0.2) is 0 Å². The second-order valence-electron chi connectivity index (χ2n) is 11.6. The summed E-state index contributed by atoms with van der Waals surface area (Å²) in [6, 6.07) is 14.1. The summed E-state index contributed by atoms with van der Waals surface area (Å²) in [5, 5.41) is 9.91. The van der Waals surface area contributed by atoms with Crippen LogP contribution in [0.1, 0.15) is 123 Å². The number of aromatic nitrogens is 1. The molecule has 0 saturated heterocycles. The van der Waals surface area contributed by atoms with Gasteiger partial charge in [-0.15, -0.1) is 0 Å². The molecule has 1 saturated carbocycles. The topological polar surface area (TPSA) is 72.2 Å². The van der Waals surface area contributed by atoms with Crippen molar-refractivity contribution in [3.8, 4) is 28.8 Å². The molecule has 0 spiro atoms. The van der Waals surface area contributed by atoms with Crippen LogP contribution in [0.4, 0.5) is 0 Å². The van der Waals surface area contributed by atoms with Gasteiger partial charge in [0, 0.05) is 5.56 Å². The summed E-state index contributed by atoms with van der Waals surface area (Å²) in [7, 11) is 0. The molecule has 218 valence electrons. The predicted molar refractivity (Wildman–Crippen MR) is 162 cm³/mol. The van der Waals surface area contributed by atoms with Gasteiger partial charge in [-0.3, -0.25) is 9.78 Å². The summed E-state index contributed by atoms with van der Waals surface area (Å²) in [6.07, 6.45) is 20.7.